The zero-order chi connectivity index (χ0) is 17.3. The molecule has 128 valence electrons. The number of nitrogens with zero attached hydrogens (tertiary/aromatic N) is 2. The topological polar surface area (TPSA) is 63.7 Å². The first-order chi connectivity index (χ1) is 11.4. The van der Waals surface area contributed by atoms with E-state index in [1.807, 2.05) is 44.4 Å². The molecule has 1 aliphatic heterocycles. The van der Waals surface area contributed by atoms with Crippen molar-refractivity contribution in [1.29, 1.82) is 0 Å². The van der Waals surface area contributed by atoms with Crippen LogP contribution in [0.15, 0.2) is 23.6 Å². The third-order valence-electron chi connectivity index (χ3n) is 3.71. The normalized spacial score (nSPS) is 15.9. The molecule has 0 aliphatic carbocycles. The maximum Gasteiger partial charge on any atom is 0.324 e. The number of hydrogen-bond acceptors (Lipinski definition) is 5. The van der Waals surface area contributed by atoms with Crippen molar-refractivity contribution in [3.63, 3.8) is 0 Å². The summed E-state index contributed by atoms with van der Waals surface area (Å²) < 4.78 is 11.4. The molecule has 2 aromatic rings. The molecule has 2 amide bonds. The summed E-state index contributed by atoms with van der Waals surface area (Å²) in [6, 6.07) is 5.50. The number of nitrogens with one attached hydrogen (secondary N) is 1. The van der Waals surface area contributed by atoms with Crippen LogP contribution in [0.3, 0.4) is 0 Å². The van der Waals surface area contributed by atoms with Gasteiger partial charge in [-0.3, -0.25) is 5.32 Å². The number of amides is 2. The van der Waals surface area contributed by atoms with Crippen LogP contribution in [0, 0.1) is 6.92 Å². The highest BCUT2D eigenvalue weighted by Gasteiger charge is 2.32. The van der Waals surface area contributed by atoms with Crippen LogP contribution >= 0.6 is 11.3 Å². The molecule has 1 aliphatic rings. The number of thiazole rings is 1. The van der Waals surface area contributed by atoms with Gasteiger partial charge in [-0.2, -0.15) is 0 Å². The number of rotatable bonds is 2. The number of benzene rings is 1. The summed E-state index contributed by atoms with van der Waals surface area (Å²) in [5.74, 6) is 1.49. The number of carbonyl (C=O) groups excluding carboxylic acids is 1. The average Bonchev–Trinajstić information content (AvgIpc) is 2.85. The fourth-order valence-corrected chi connectivity index (χ4v) is 3.34. The minimum absolute atomic E-state index is 0.176. The van der Waals surface area contributed by atoms with Gasteiger partial charge < -0.3 is 14.4 Å². The fourth-order valence-electron chi connectivity index (χ4n) is 2.66. The lowest BCUT2D eigenvalue weighted by atomic mass is 10.1. The van der Waals surface area contributed by atoms with Crippen molar-refractivity contribution in [3.8, 4) is 11.5 Å². The van der Waals surface area contributed by atoms with E-state index in [9.17, 15) is 4.79 Å². The number of aryl methyl sites for hydroxylation is 1. The highest BCUT2D eigenvalue weighted by Crippen LogP contribution is 2.32. The summed E-state index contributed by atoms with van der Waals surface area (Å²) >= 11 is 1.42. The largest absolute Gasteiger partial charge is 0.497 e. The SMILES string of the molecule is COc1ccc2c(c1)OC(C)(C)CN(C(=O)Nc1nc(C)cs1)C2. The molecule has 0 radical (unpaired) electrons. The molecule has 0 fully saturated rings. The number of hydrogen-bond donors (Lipinski definition) is 1. The fraction of sp³-hybridized carbons (Fsp3) is 0.412. The maximum absolute atomic E-state index is 12.7. The summed E-state index contributed by atoms with van der Waals surface area (Å²) in [5, 5.41) is 5.38. The van der Waals surface area contributed by atoms with E-state index < -0.39 is 5.60 Å². The molecule has 0 spiro atoms. The van der Waals surface area contributed by atoms with Gasteiger partial charge in [-0.25, -0.2) is 9.78 Å². The van der Waals surface area contributed by atoms with Crippen LogP contribution in [0.5, 0.6) is 11.5 Å². The third kappa shape index (κ3) is 3.62. The summed E-state index contributed by atoms with van der Waals surface area (Å²) in [6.07, 6.45) is 0. The molecule has 7 heteroatoms. The summed E-state index contributed by atoms with van der Waals surface area (Å²) in [6.45, 7) is 6.78. The Morgan fingerprint density at radius 1 is 1.46 bits per heavy atom. The van der Waals surface area contributed by atoms with Crippen molar-refractivity contribution in [1.82, 2.24) is 9.88 Å². The highest BCUT2D eigenvalue weighted by molar-refractivity contribution is 7.13. The predicted molar refractivity (Wildman–Crippen MR) is 94.0 cm³/mol. The predicted octanol–water partition coefficient (Wildman–Crippen LogP) is 3.67. The standard InChI is InChI=1S/C17H21N3O3S/c1-11-9-24-15(18-11)19-16(21)20-8-12-5-6-13(22-4)7-14(12)23-17(2,3)10-20/h5-7,9H,8,10H2,1-4H3,(H,18,19,21). The molecular weight excluding hydrogens is 326 g/mol. The van der Waals surface area contributed by atoms with Gasteiger partial charge in [0, 0.05) is 17.0 Å². The van der Waals surface area contributed by atoms with E-state index in [1.54, 1.807) is 12.0 Å². The van der Waals surface area contributed by atoms with Crippen molar-refractivity contribution in [2.24, 2.45) is 0 Å². The molecular formula is C17H21N3O3S. The number of aromatic nitrogens is 1. The van der Waals surface area contributed by atoms with Gasteiger partial charge in [0.05, 0.1) is 25.9 Å². The van der Waals surface area contributed by atoms with Crippen LogP contribution in [0.4, 0.5) is 9.93 Å². The van der Waals surface area contributed by atoms with E-state index >= 15 is 0 Å². The molecule has 0 atom stereocenters. The smallest absolute Gasteiger partial charge is 0.324 e. The molecule has 0 unspecified atom stereocenters. The molecule has 0 saturated heterocycles. The number of ether oxygens (including phenoxy) is 2. The molecule has 2 heterocycles. The number of urea groups is 1. The monoisotopic (exact) mass is 347 g/mol. The van der Waals surface area contributed by atoms with Crippen LogP contribution in [0.1, 0.15) is 25.1 Å². The first-order valence-corrected chi connectivity index (χ1v) is 8.58. The second-order valence-electron chi connectivity index (χ2n) is 6.42. The van der Waals surface area contributed by atoms with Gasteiger partial charge in [0.1, 0.15) is 17.1 Å². The van der Waals surface area contributed by atoms with Gasteiger partial charge in [0.2, 0.25) is 0 Å². The van der Waals surface area contributed by atoms with Gasteiger partial charge in [-0.1, -0.05) is 0 Å². The van der Waals surface area contributed by atoms with Gasteiger partial charge in [0.15, 0.2) is 5.13 Å². The number of anilines is 1. The second kappa shape index (κ2) is 6.32. The molecule has 0 saturated carbocycles. The average molecular weight is 347 g/mol. The van der Waals surface area contributed by atoms with E-state index in [1.165, 1.54) is 11.3 Å². The van der Waals surface area contributed by atoms with Crippen molar-refractivity contribution in [2.75, 3.05) is 19.0 Å². The molecule has 0 bridgehead atoms. The maximum atomic E-state index is 12.7. The lowest BCUT2D eigenvalue weighted by Crippen LogP contribution is -2.44. The second-order valence-corrected chi connectivity index (χ2v) is 7.27. The number of carbonyl (C=O) groups is 1. The van der Waals surface area contributed by atoms with E-state index in [4.69, 9.17) is 9.47 Å². The van der Waals surface area contributed by atoms with Gasteiger partial charge >= 0.3 is 6.03 Å². The van der Waals surface area contributed by atoms with Crippen molar-refractivity contribution in [3.05, 3.63) is 34.8 Å². The summed E-state index contributed by atoms with van der Waals surface area (Å²) in [7, 11) is 1.62. The lowest BCUT2D eigenvalue weighted by molar-refractivity contribution is 0.0833. The Balaban J connectivity index is 1.84. The first-order valence-electron chi connectivity index (χ1n) is 7.70. The number of methoxy groups -OCH3 is 1. The molecule has 6 nitrogen and oxygen atoms in total. The minimum Gasteiger partial charge on any atom is -0.497 e. The zero-order valence-corrected chi connectivity index (χ0v) is 15.1. The van der Waals surface area contributed by atoms with Gasteiger partial charge in [-0.15, -0.1) is 11.3 Å². The number of fused-ring (bicyclic) bond motifs is 1. The van der Waals surface area contributed by atoms with Crippen LogP contribution < -0.4 is 14.8 Å². The molecule has 24 heavy (non-hydrogen) atoms. The molecule has 3 rings (SSSR count). The van der Waals surface area contributed by atoms with Crippen LogP contribution in [0.2, 0.25) is 0 Å². The Morgan fingerprint density at radius 2 is 2.25 bits per heavy atom. The quantitative estimate of drug-likeness (QED) is 0.900. The lowest BCUT2D eigenvalue weighted by Gasteiger charge is -2.29. The Morgan fingerprint density at radius 3 is 2.92 bits per heavy atom. The molecule has 1 N–H and O–H groups in total. The highest BCUT2D eigenvalue weighted by atomic mass is 32.1. The van der Waals surface area contributed by atoms with Gasteiger partial charge in [-0.05, 0) is 32.9 Å². The molecule has 1 aromatic heterocycles. The third-order valence-corrected chi connectivity index (χ3v) is 4.59. The van der Waals surface area contributed by atoms with Crippen LogP contribution in [-0.4, -0.2) is 35.2 Å². The Hall–Kier alpha value is -2.28. The minimum atomic E-state index is -0.506. The zero-order valence-electron chi connectivity index (χ0n) is 14.3. The van der Waals surface area contributed by atoms with E-state index in [-0.39, 0.29) is 6.03 Å². The molecule has 1 aromatic carbocycles. The van der Waals surface area contributed by atoms with Gasteiger partial charge in [0.25, 0.3) is 0 Å². The Kier molecular flexibility index (Phi) is 4.36. The van der Waals surface area contributed by atoms with E-state index in [0.29, 0.717) is 18.2 Å². The van der Waals surface area contributed by atoms with Crippen LogP contribution in [0.25, 0.3) is 0 Å². The van der Waals surface area contributed by atoms with Crippen molar-refractivity contribution < 1.29 is 14.3 Å². The van der Waals surface area contributed by atoms with E-state index in [2.05, 4.69) is 10.3 Å². The van der Waals surface area contributed by atoms with Crippen LogP contribution in [-0.2, 0) is 6.54 Å². The Labute approximate surface area is 145 Å². The van der Waals surface area contributed by atoms with Crippen molar-refractivity contribution in [2.45, 2.75) is 32.9 Å². The Bertz CT molecular complexity index is 757. The first kappa shape index (κ1) is 16.6. The van der Waals surface area contributed by atoms with Crippen molar-refractivity contribution >= 4 is 22.5 Å². The summed E-state index contributed by atoms with van der Waals surface area (Å²) in [5.41, 5.74) is 1.34. The summed E-state index contributed by atoms with van der Waals surface area (Å²) in [4.78, 5) is 18.7. The van der Waals surface area contributed by atoms with E-state index in [0.717, 1.165) is 22.8 Å².